The summed E-state index contributed by atoms with van der Waals surface area (Å²) < 4.78 is 18.3. The number of hydrazine groups is 1. The second-order valence-electron chi connectivity index (χ2n) is 4.78. The van der Waals surface area contributed by atoms with Crippen LogP contribution in [0.1, 0.15) is 23.6 Å². The van der Waals surface area contributed by atoms with Crippen LogP contribution in [-0.4, -0.2) is 7.11 Å². The molecular weight excluding hydrogens is 291 g/mol. The van der Waals surface area contributed by atoms with Crippen LogP contribution in [0.5, 0.6) is 5.75 Å². The summed E-state index contributed by atoms with van der Waals surface area (Å²) in [5.41, 5.74) is 4.81. The molecule has 112 valence electrons. The lowest BCUT2D eigenvalue weighted by Crippen LogP contribution is -2.28. The van der Waals surface area contributed by atoms with Crippen LogP contribution in [-0.2, 0) is 6.42 Å². The number of hydrogen-bond donors (Lipinski definition) is 2. The first-order valence-electron chi connectivity index (χ1n) is 6.68. The SMILES string of the molecule is COc1ccc(CCC(NN)c2ccc(F)c(Cl)c2)cc1. The first-order chi connectivity index (χ1) is 10.1. The van der Waals surface area contributed by atoms with Crippen LogP contribution < -0.4 is 16.0 Å². The number of rotatable bonds is 6. The lowest BCUT2D eigenvalue weighted by Gasteiger charge is -2.17. The van der Waals surface area contributed by atoms with Gasteiger partial charge in [0.1, 0.15) is 11.6 Å². The smallest absolute Gasteiger partial charge is 0.141 e. The minimum atomic E-state index is -0.425. The molecule has 0 aliphatic carbocycles. The van der Waals surface area contributed by atoms with Crippen LogP contribution in [0.2, 0.25) is 5.02 Å². The number of nitrogens with two attached hydrogens (primary N) is 1. The Labute approximate surface area is 128 Å². The van der Waals surface area contributed by atoms with E-state index in [4.69, 9.17) is 22.2 Å². The molecule has 0 saturated carbocycles. The van der Waals surface area contributed by atoms with Crippen LogP contribution in [0.25, 0.3) is 0 Å². The minimum absolute atomic E-state index is 0.0785. The van der Waals surface area contributed by atoms with Gasteiger partial charge in [-0.05, 0) is 48.2 Å². The molecule has 0 fully saturated rings. The third-order valence-electron chi connectivity index (χ3n) is 3.43. The predicted octanol–water partition coefficient (Wildman–Crippen LogP) is 3.62. The molecule has 1 atom stereocenters. The van der Waals surface area contributed by atoms with E-state index in [0.29, 0.717) is 0 Å². The molecule has 3 nitrogen and oxygen atoms in total. The van der Waals surface area contributed by atoms with Crippen LogP contribution in [0.15, 0.2) is 42.5 Å². The van der Waals surface area contributed by atoms with E-state index < -0.39 is 5.82 Å². The largest absolute Gasteiger partial charge is 0.497 e. The van der Waals surface area contributed by atoms with Crippen molar-refractivity contribution in [3.05, 3.63) is 64.4 Å². The maximum atomic E-state index is 13.2. The van der Waals surface area contributed by atoms with Gasteiger partial charge in [-0.2, -0.15) is 0 Å². The number of halogens is 2. The molecule has 0 aliphatic rings. The first kappa shape index (κ1) is 15.8. The Kier molecular flexibility index (Phi) is 5.56. The Hall–Kier alpha value is -1.62. The minimum Gasteiger partial charge on any atom is -0.497 e. The number of methoxy groups -OCH3 is 1. The Bertz CT molecular complexity index is 589. The van der Waals surface area contributed by atoms with Crippen molar-refractivity contribution in [2.75, 3.05) is 7.11 Å². The zero-order valence-electron chi connectivity index (χ0n) is 11.8. The molecule has 0 aliphatic heterocycles. The highest BCUT2D eigenvalue weighted by molar-refractivity contribution is 6.30. The summed E-state index contributed by atoms with van der Waals surface area (Å²) in [6.07, 6.45) is 1.62. The summed E-state index contributed by atoms with van der Waals surface area (Å²) in [6.45, 7) is 0. The third-order valence-corrected chi connectivity index (χ3v) is 3.72. The molecule has 0 aromatic heterocycles. The summed E-state index contributed by atoms with van der Waals surface area (Å²) >= 11 is 5.81. The monoisotopic (exact) mass is 308 g/mol. The number of hydrogen-bond acceptors (Lipinski definition) is 3. The van der Waals surface area contributed by atoms with Crippen LogP contribution in [0.3, 0.4) is 0 Å². The molecule has 0 bridgehead atoms. The summed E-state index contributed by atoms with van der Waals surface area (Å²) in [6, 6.07) is 12.5. The van der Waals surface area contributed by atoms with E-state index in [1.807, 2.05) is 24.3 Å². The molecule has 5 heteroatoms. The molecule has 0 heterocycles. The van der Waals surface area contributed by atoms with E-state index in [9.17, 15) is 4.39 Å². The summed E-state index contributed by atoms with van der Waals surface area (Å²) in [7, 11) is 1.64. The van der Waals surface area contributed by atoms with Gasteiger partial charge in [0.2, 0.25) is 0 Å². The summed E-state index contributed by atoms with van der Waals surface area (Å²) in [4.78, 5) is 0. The summed E-state index contributed by atoms with van der Waals surface area (Å²) in [5, 5.41) is 0.109. The van der Waals surface area contributed by atoms with Crippen molar-refractivity contribution < 1.29 is 9.13 Å². The Morgan fingerprint density at radius 3 is 2.52 bits per heavy atom. The van der Waals surface area contributed by atoms with E-state index in [1.54, 1.807) is 19.2 Å². The van der Waals surface area contributed by atoms with Crippen molar-refractivity contribution in [3.63, 3.8) is 0 Å². The third kappa shape index (κ3) is 4.17. The van der Waals surface area contributed by atoms with Crippen molar-refractivity contribution >= 4 is 11.6 Å². The van der Waals surface area contributed by atoms with Gasteiger partial charge in [0.05, 0.1) is 12.1 Å². The van der Waals surface area contributed by atoms with E-state index >= 15 is 0 Å². The quantitative estimate of drug-likeness (QED) is 0.633. The van der Waals surface area contributed by atoms with Gasteiger partial charge < -0.3 is 4.74 Å². The van der Waals surface area contributed by atoms with Gasteiger partial charge in [-0.1, -0.05) is 29.8 Å². The van der Waals surface area contributed by atoms with E-state index in [-0.39, 0.29) is 11.1 Å². The standard InChI is InChI=1S/C16H18ClFN2O/c1-21-13-6-2-11(3-7-13)4-9-16(20-19)12-5-8-15(18)14(17)10-12/h2-3,5-8,10,16,20H,4,9,19H2,1H3. The van der Waals surface area contributed by atoms with Gasteiger partial charge in [-0.3, -0.25) is 11.3 Å². The zero-order valence-corrected chi connectivity index (χ0v) is 12.5. The fraction of sp³-hybridized carbons (Fsp3) is 0.250. The molecular formula is C16H18ClFN2O. The van der Waals surface area contributed by atoms with Crippen molar-refractivity contribution in [3.8, 4) is 5.75 Å². The average Bonchev–Trinajstić information content (AvgIpc) is 2.52. The molecule has 2 aromatic carbocycles. The van der Waals surface area contributed by atoms with Gasteiger partial charge >= 0.3 is 0 Å². The predicted molar refractivity (Wildman–Crippen MR) is 82.8 cm³/mol. The summed E-state index contributed by atoms with van der Waals surface area (Å²) in [5.74, 6) is 6.00. The van der Waals surface area contributed by atoms with Gasteiger partial charge in [-0.15, -0.1) is 0 Å². The highest BCUT2D eigenvalue weighted by atomic mass is 35.5. The number of aryl methyl sites for hydroxylation is 1. The fourth-order valence-electron chi connectivity index (χ4n) is 2.18. The van der Waals surface area contributed by atoms with Crippen molar-refractivity contribution in [2.24, 2.45) is 5.84 Å². The lowest BCUT2D eigenvalue weighted by atomic mass is 9.99. The van der Waals surface area contributed by atoms with Crippen molar-refractivity contribution in [1.29, 1.82) is 0 Å². The number of benzene rings is 2. The topological polar surface area (TPSA) is 47.3 Å². The molecule has 0 amide bonds. The first-order valence-corrected chi connectivity index (χ1v) is 7.06. The zero-order chi connectivity index (χ0) is 15.2. The Balaban J connectivity index is 2.02. The second-order valence-corrected chi connectivity index (χ2v) is 5.19. The average molecular weight is 309 g/mol. The van der Waals surface area contributed by atoms with Crippen LogP contribution in [0, 0.1) is 5.82 Å². The van der Waals surface area contributed by atoms with Gasteiger partial charge in [0.25, 0.3) is 0 Å². The normalized spacial score (nSPS) is 12.2. The Morgan fingerprint density at radius 2 is 1.95 bits per heavy atom. The fourth-order valence-corrected chi connectivity index (χ4v) is 2.37. The molecule has 2 aromatic rings. The second kappa shape index (κ2) is 7.41. The number of nitrogens with one attached hydrogen (secondary N) is 1. The lowest BCUT2D eigenvalue weighted by molar-refractivity contribution is 0.414. The maximum absolute atomic E-state index is 13.2. The Morgan fingerprint density at radius 1 is 1.24 bits per heavy atom. The molecule has 3 N–H and O–H groups in total. The molecule has 21 heavy (non-hydrogen) atoms. The molecule has 0 saturated heterocycles. The maximum Gasteiger partial charge on any atom is 0.141 e. The van der Waals surface area contributed by atoms with Crippen molar-refractivity contribution in [1.82, 2.24) is 5.43 Å². The van der Waals surface area contributed by atoms with Crippen LogP contribution >= 0.6 is 11.6 Å². The van der Waals surface area contributed by atoms with E-state index in [0.717, 1.165) is 24.2 Å². The molecule has 0 spiro atoms. The van der Waals surface area contributed by atoms with Crippen LogP contribution in [0.4, 0.5) is 4.39 Å². The van der Waals surface area contributed by atoms with E-state index in [1.165, 1.54) is 11.6 Å². The van der Waals surface area contributed by atoms with Crippen molar-refractivity contribution in [2.45, 2.75) is 18.9 Å². The van der Waals surface area contributed by atoms with Gasteiger partial charge in [0, 0.05) is 6.04 Å². The highest BCUT2D eigenvalue weighted by Crippen LogP contribution is 2.24. The molecule has 0 radical (unpaired) electrons. The highest BCUT2D eigenvalue weighted by Gasteiger charge is 2.12. The van der Waals surface area contributed by atoms with Gasteiger partial charge in [-0.25, -0.2) is 4.39 Å². The number of ether oxygens (including phenoxy) is 1. The molecule has 2 rings (SSSR count). The van der Waals surface area contributed by atoms with Gasteiger partial charge in [0.15, 0.2) is 0 Å². The van der Waals surface area contributed by atoms with E-state index in [2.05, 4.69) is 5.43 Å². The molecule has 1 unspecified atom stereocenters.